The van der Waals surface area contributed by atoms with Crippen molar-refractivity contribution in [1.29, 1.82) is 0 Å². The van der Waals surface area contributed by atoms with Gasteiger partial charge in [0, 0.05) is 19.5 Å². The molecule has 0 aromatic carbocycles. The highest BCUT2D eigenvalue weighted by Crippen LogP contribution is 2.15. The third-order valence-corrected chi connectivity index (χ3v) is 3.56. The average Bonchev–Trinajstić information content (AvgIpc) is 2.41. The van der Waals surface area contributed by atoms with E-state index in [1.165, 1.54) is 0 Å². The minimum absolute atomic E-state index is 0.0930. The number of piperidine rings is 1. The third-order valence-electron chi connectivity index (χ3n) is 3.56. The topological polar surface area (TPSA) is 81.7 Å². The zero-order chi connectivity index (χ0) is 14.1. The van der Waals surface area contributed by atoms with E-state index >= 15 is 0 Å². The fourth-order valence-corrected chi connectivity index (χ4v) is 2.25. The second-order valence-corrected chi connectivity index (χ2v) is 5.01. The van der Waals surface area contributed by atoms with E-state index in [2.05, 4.69) is 22.5 Å². The highest BCUT2D eigenvalue weighted by Gasteiger charge is 2.18. The fraction of sp³-hybridized carbons (Fsp3) is 0.846. The lowest BCUT2D eigenvalue weighted by molar-refractivity contribution is -0.137. The summed E-state index contributed by atoms with van der Waals surface area (Å²) in [5.74, 6) is -0.266. The highest BCUT2D eigenvalue weighted by molar-refractivity contribution is 5.73. The summed E-state index contributed by atoms with van der Waals surface area (Å²) in [5, 5.41) is 14.0. The van der Waals surface area contributed by atoms with Crippen molar-refractivity contribution < 1.29 is 14.7 Å². The van der Waals surface area contributed by atoms with Gasteiger partial charge in [0.05, 0.1) is 0 Å². The standard InChI is InChI=1S/C13H25N3O3/c1-2-16-8-5-11(6-9-16)10-15-13(19)14-7-3-4-12(17)18/h11H,2-10H2,1H3,(H,17,18)(H2,14,15,19). The van der Waals surface area contributed by atoms with Crippen LogP contribution in [-0.4, -0.2) is 54.7 Å². The van der Waals surface area contributed by atoms with Crippen molar-refractivity contribution in [3.05, 3.63) is 0 Å². The predicted molar refractivity (Wildman–Crippen MR) is 73.1 cm³/mol. The first-order chi connectivity index (χ1) is 9.11. The van der Waals surface area contributed by atoms with Gasteiger partial charge in [-0.15, -0.1) is 0 Å². The molecule has 0 saturated carbocycles. The molecule has 1 aliphatic rings. The lowest BCUT2D eigenvalue weighted by Crippen LogP contribution is -2.42. The molecule has 3 N–H and O–H groups in total. The number of aliphatic carboxylic acids is 1. The van der Waals surface area contributed by atoms with Crippen molar-refractivity contribution >= 4 is 12.0 Å². The number of carboxylic acids is 1. The largest absolute Gasteiger partial charge is 0.481 e. The third kappa shape index (κ3) is 7.00. The van der Waals surface area contributed by atoms with E-state index in [-0.39, 0.29) is 12.5 Å². The van der Waals surface area contributed by atoms with Gasteiger partial charge in [-0.2, -0.15) is 0 Å². The zero-order valence-electron chi connectivity index (χ0n) is 11.7. The van der Waals surface area contributed by atoms with Gasteiger partial charge in [0.25, 0.3) is 0 Å². The first-order valence-electron chi connectivity index (χ1n) is 7.07. The van der Waals surface area contributed by atoms with Crippen LogP contribution in [0.1, 0.15) is 32.6 Å². The SMILES string of the molecule is CCN1CCC(CNC(=O)NCCCC(=O)O)CC1. The normalized spacial score (nSPS) is 17.1. The Labute approximate surface area is 114 Å². The van der Waals surface area contributed by atoms with Gasteiger partial charge >= 0.3 is 12.0 Å². The molecule has 0 radical (unpaired) electrons. The summed E-state index contributed by atoms with van der Waals surface area (Å²) in [6.45, 7) is 6.62. The molecule has 0 aliphatic carbocycles. The molecule has 6 heteroatoms. The highest BCUT2D eigenvalue weighted by atomic mass is 16.4. The molecule has 1 heterocycles. The molecular weight excluding hydrogens is 246 g/mol. The number of hydrogen-bond acceptors (Lipinski definition) is 3. The number of rotatable bonds is 7. The number of carbonyl (C=O) groups is 2. The van der Waals surface area contributed by atoms with Gasteiger partial charge in [-0.1, -0.05) is 6.92 Å². The van der Waals surface area contributed by atoms with Gasteiger partial charge in [-0.05, 0) is 44.8 Å². The second kappa shape index (κ2) is 8.74. The van der Waals surface area contributed by atoms with Crippen LogP contribution >= 0.6 is 0 Å². The molecule has 0 spiro atoms. The van der Waals surface area contributed by atoms with Crippen molar-refractivity contribution in [3.63, 3.8) is 0 Å². The van der Waals surface area contributed by atoms with E-state index in [1.807, 2.05) is 0 Å². The zero-order valence-corrected chi connectivity index (χ0v) is 11.7. The Hall–Kier alpha value is -1.30. The Balaban J connectivity index is 2.02. The number of carboxylic acid groups (broad SMARTS) is 1. The quantitative estimate of drug-likeness (QED) is 0.600. The van der Waals surface area contributed by atoms with Gasteiger partial charge in [-0.25, -0.2) is 4.79 Å². The van der Waals surface area contributed by atoms with Crippen LogP contribution in [0.2, 0.25) is 0 Å². The van der Waals surface area contributed by atoms with Crippen molar-refractivity contribution in [2.24, 2.45) is 5.92 Å². The first kappa shape index (κ1) is 15.8. The van der Waals surface area contributed by atoms with Crippen molar-refractivity contribution in [2.75, 3.05) is 32.7 Å². The van der Waals surface area contributed by atoms with Gasteiger partial charge in [-0.3, -0.25) is 4.79 Å². The van der Waals surface area contributed by atoms with E-state index in [4.69, 9.17) is 5.11 Å². The molecule has 19 heavy (non-hydrogen) atoms. The maximum absolute atomic E-state index is 11.5. The molecule has 110 valence electrons. The molecule has 0 unspecified atom stereocenters. The van der Waals surface area contributed by atoms with Crippen LogP contribution in [0.3, 0.4) is 0 Å². The van der Waals surface area contributed by atoms with Gasteiger partial charge in [0.1, 0.15) is 0 Å². The van der Waals surface area contributed by atoms with Gasteiger partial charge < -0.3 is 20.6 Å². The Morgan fingerprint density at radius 2 is 1.95 bits per heavy atom. The molecule has 0 bridgehead atoms. The molecule has 1 aliphatic heterocycles. The van der Waals surface area contributed by atoms with E-state index in [0.717, 1.165) is 32.5 Å². The molecule has 2 amide bonds. The van der Waals surface area contributed by atoms with Gasteiger partial charge in [0.15, 0.2) is 0 Å². The smallest absolute Gasteiger partial charge is 0.314 e. The van der Waals surface area contributed by atoms with Crippen molar-refractivity contribution in [2.45, 2.75) is 32.6 Å². The molecule has 6 nitrogen and oxygen atoms in total. The monoisotopic (exact) mass is 271 g/mol. The summed E-state index contributed by atoms with van der Waals surface area (Å²) >= 11 is 0. The summed E-state index contributed by atoms with van der Waals surface area (Å²) in [7, 11) is 0. The average molecular weight is 271 g/mol. The van der Waals surface area contributed by atoms with E-state index < -0.39 is 5.97 Å². The maximum Gasteiger partial charge on any atom is 0.314 e. The van der Waals surface area contributed by atoms with Crippen LogP contribution in [0.15, 0.2) is 0 Å². The number of nitrogens with zero attached hydrogens (tertiary/aromatic N) is 1. The number of carbonyl (C=O) groups excluding carboxylic acids is 1. The fourth-order valence-electron chi connectivity index (χ4n) is 2.25. The molecule has 1 saturated heterocycles. The molecule has 0 aromatic heterocycles. The molecule has 0 aromatic rings. The molecule has 1 rings (SSSR count). The summed E-state index contributed by atoms with van der Waals surface area (Å²) in [4.78, 5) is 24.2. The number of hydrogen-bond donors (Lipinski definition) is 3. The molecule has 1 fully saturated rings. The first-order valence-corrected chi connectivity index (χ1v) is 7.07. The number of urea groups is 1. The summed E-state index contributed by atoms with van der Waals surface area (Å²) < 4.78 is 0. The van der Waals surface area contributed by atoms with Gasteiger partial charge in [0.2, 0.25) is 0 Å². The summed E-state index contributed by atoms with van der Waals surface area (Å²) in [5.41, 5.74) is 0. The van der Waals surface area contributed by atoms with E-state index in [9.17, 15) is 9.59 Å². The van der Waals surface area contributed by atoms with Crippen LogP contribution < -0.4 is 10.6 Å². The minimum Gasteiger partial charge on any atom is -0.481 e. The van der Waals surface area contributed by atoms with Crippen LogP contribution in [0, 0.1) is 5.92 Å². The number of amides is 2. The molecular formula is C13H25N3O3. The van der Waals surface area contributed by atoms with Crippen LogP contribution in [0.4, 0.5) is 4.79 Å². The Morgan fingerprint density at radius 3 is 2.53 bits per heavy atom. The number of likely N-dealkylation sites (tertiary alicyclic amines) is 1. The van der Waals surface area contributed by atoms with Crippen LogP contribution in [-0.2, 0) is 4.79 Å². The Morgan fingerprint density at radius 1 is 1.26 bits per heavy atom. The predicted octanol–water partition coefficient (Wildman–Crippen LogP) is 0.882. The Bertz CT molecular complexity index is 289. The molecule has 0 atom stereocenters. The lowest BCUT2D eigenvalue weighted by atomic mass is 9.97. The minimum atomic E-state index is -0.829. The van der Waals surface area contributed by atoms with Crippen LogP contribution in [0.5, 0.6) is 0 Å². The summed E-state index contributed by atoms with van der Waals surface area (Å²) in [6, 6.07) is -0.191. The Kier molecular flexibility index (Phi) is 7.25. The maximum atomic E-state index is 11.5. The van der Waals surface area contributed by atoms with E-state index in [0.29, 0.717) is 25.4 Å². The summed E-state index contributed by atoms with van der Waals surface area (Å²) in [6.07, 6.45) is 2.83. The van der Waals surface area contributed by atoms with E-state index in [1.54, 1.807) is 0 Å². The second-order valence-electron chi connectivity index (χ2n) is 5.01. The van der Waals surface area contributed by atoms with Crippen molar-refractivity contribution in [3.8, 4) is 0 Å². The van der Waals surface area contributed by atoms with Crippen LogP contribution in [0.25, 0.3) is 0 Å². The number of nitrogens with one attached hydrogen (secondary N) is 2. The lowest BCUT2D eigenvalue weighted by Gasteiger charge is -2.31. The van der Waals surface area contributed by atoms with Crippen molar-refractivity contribution in [1.82, 2.24) is 15.5 Å².